The third-order valence-corrected chi connectivity index (χ3v) is 4.23. The fraction of sp³-hybridized carbons (Fsp3) is 0.111. The summed E-state index contributed by atoms with van der Waals surface area (Å²) >= 11 is 6.10. The van der Waals surface area contributed by atoms with Gasteiger partial charge < -0.3 is 16.0 Å². The van der Waals surface area contributed by atoms with Crippen molar-refractivity contribution in [2.45, 2.75) is 13.0 Å². The van der Waals surface area contributed by atoms with E-state index in [1.807, 2.05) is 0 Å². The first-order chi connectivity index (χ1) is 12.4. The summed E-state index contributed by atoms with van der Waals surface area (Å²) in [5.41, 5.74) is 0.707. The lowest BCUT2D eigenvalue weighted by atomic mass is 9.94. The number of hydrogen-bond acceptors (Lipinski definition) is 2. The monoisotopic (exact) mass is 377 g/mol. The Bertz CT molecular complexity index is 893. The molecule has 3 amide bonds. The topological polar surface area (TPSA) is 70.2 Å². The molecule has 0 radical (unpaired) electrons. The molecule has 5 nitrogen and oxygen atoms in total. The molecule has 26 heavy (non-hydrogen) atoms. The van der Waals surface area contributed by atoms with Gasteiger partial charge in [0, 0.05) is 22.0 Å². The van der Waals surface area contributed by atoms with Crippen molar-refractivity contribution in [2.24, 2.45) is 0 Å². The Morgan fingerprint density at radius 1 is 1.15 bits per heavy atom. The standard InChI is InChI=1S/C18H14ClF2N3O2/c1-9-14(17(25)23-11-7-5-10(20)6-8-11)16(24-18(26)22-9)15-12(19)3-2-4-13(15)21/h2-8,16H,1H3,(H,23,25)(H2,22,24,26). The SMILES string of the molecule is CC1=C(C(=O)Nc2ccc(F)cc2)C(c2c(F)cccc2Cl)NC(=O)N1. The Morgan fingerprint density at radius 3 is 2.50 bits per heavy atom. The minimum absolute atomic E-state index is 0.00683. The largest absolute Gasteiger partial charge is 0.327 e. The quantitative estimate of drug-likeness (QED) is 0.759. The molecule has 1 heterocycles. The van der Waals surface area contributed by atoms with E-state index in [1.54, 1.807) is 0 Å². The molecule has 2 aromatic carbocycles. The van der Waals surface area contributed by atoms with E-state index in [9.17, 15) is 18.4 Å². The van der Waals surface area contributed by atoms with Gasteiger partial charge in [0.25, 0.3) is 5.91 Å². The van der Waals surface area contributed by atoms with Crippen LogP contribution in [0.4, 0.5) is 19.3 Å². The van der Waals surface area contributed by atoms with Crippen LogP contribution in [0.1, 0.15) is 18.5 Å². The molecule has 1 unspecified atom stereocenters. The molecule has 0 fully saturated rings. The van der Waals surface area contributed by atoms with Crippen molar-refractivity contribution in [3.05, 3.63) is 76.0 Å². The lowest BCUT2D eigenvalue weighted by Crippen LogP contribution is -2.46. The van der Waals surface area contributed by atoms with Gasteiger partial charge in [-0.1, -0.05) is 17.7 Å². The van der Waals surface area contributed by atoms with Gasteiger partial charge in [0.2, 0.25) is 0 Å². The number of nitrogens with one attached hydrogen (secondary N) is 3. The Kier molecular flexibility index (Phi) is 4.90. The highest BCUT2D eigenvalue weighted by Crippen LogP contribution is 2.33. The van der Waals surface area contributed by atoms with Crippen molar-refractivity contribution in [3.8, 4) is 0 Å². The molecule has 0 aromatic heterocycles. The van der Waals surface area contributed by atoms with Gasteiger partial charge in [-0.2, -0.15) is 0 Å². The maximum atomic E-state index is 14.3. The van der Waals surface area contributed by atoms with Crippen LogP contribution in [0.5, 0.6) is 0 Å². The summed E-state index contributed by atoms with van der Waals surface area (Å²) < 4.78 is 27.4. The van der Waals surface area contributed by atoms with Gasteiger partial charge >= 0.3 is 6.03 Å². The maximum Gasteiger partial charge on any atom is 0.319 e. The number of amides is 3. The van der Waals surface area contributed by atoms with E-state index in [4.69, 9.17) is 11.6 Å². The number of halogens is 3. The van der Waals surface area contributed by atoms with E-state index in [0.717, 1.165) is 0 Å². The fourth-order valence-corrected chi connectivity index (χ4v) is 3.00. The Morgan fingerprint density at radius 2 is 1.85 bits per heavy atom. The second-order valence-electron chi connectivity index (χ2n) is 5.67. The highest BCUT2D eigenvalue weighted by atomic mass is 35.5. The van der Waals surface area contributed by atoms with Crippen LogP contribution in [0, 0.1) is 11.6 Å². The van der Waals surface area contributed by atoms with E-state index < -0.39 is 29.6 Å². The first kappa shape index (κ1) is 17.9. The second-order valence-corrected chi connectivity index (χ2v) is 6.07. The lowest BCUT2D eigenvalue weighted by molar-refractivity contribution is -0.113. The first-order valence-corrected chi connectivity index (χ1v) is 8.03. The molecular formula is C18H14ClF2N3O2. The minimum atomic E-state index is -1.07. The van der Waals surface area contributed by atoms with Crippen molar-refractivity contribution >= 4 is 29.2 Å². The molecular weight excluding hydrogens is 364 g/mol. The van der Waals surface area contributed by atoms with Crippen LogP contribution in [-0.4, -0.2) is 11.9 Å². The molecule has 3 rings (SSSR count). The Labute approximate surface area is 153 Å². The zero-order valence-electron chi connectivity index (χ0n) is 13.6. The van der Waals surface area contributed by atoms with Gasteiger partial charge in [-0.15, -0.1) is 0 Å². The van der Waals surface area contributed by atoms with E-state index in [-0.39, 0.29) is 21.9 Å². The molecule has 134 valence electrons. The Balaban J connectivity index is 2.00. The maximum absolute atomic E-state index is 14.3. The average molecular weight is 378 g/mol. The van der Waals surface area contributed by atoms with Gasteiger partial charge in [-0.3, -0.25) is 4.79 Å². The fourth-order valence-electron chi connectivity index (χ4n) is 2.73. The number of rotatable bonds is 3. The highest BCUT2D eigenvalue weighted by molar-refractivity contribution is 6.31. The smallest absolute Gasteiger partial charge is 0.319 e. The second kappa shape index (κ2) is 7.13. The molecule has 3 N–H and O–H groups in total. The van der Waals surface area contributed by atoms with Crippen LogP contribution >= 0.6 is 11.6 Å². The van der Waals surface area contributed by atoms with Crippen molar-refractivity contribution in [1.29, 1.82) is 0 Å². The van der Waals surface area contributed by atoms with Crippen molar-refractivity contribution in [2.75, 3.05) is 5.32 Å². The summed E-state index contributed by atoms with van der Waals surface area (Å²) in [4.78, 5) is 24.6. The number of hydrogen-bond donors (Lipinski definition) is 3. The predicted octanol–water partition coefficient (Wildman–Crippen LogP) is 3.88. The molecule has 1 atom stereocenters. The normalized spacial score (nSPS) is 16.8. The minimum Gasteiger partial charge on any atom is -0.327 e. The Hall–Kier alpha value is -2.93. The molecule has 0 saturated carbocycles. The zero-order chi connectivity index (χ0) is 18.8. The zero-order valence-corrected chi connectivity index (χ0v) is 14.3. The summed E-state index contributed by atoms with van der Waals surface area (Å²) in [6, 6.07) is 7.62. The van der Waals surface area contributed by atoms with Crippen LogP contribution in [0.2, 0.25) is 5.02 Å². The lowest BCUT2D eigenvalue weighted by Gasteiger charge is -2.29. The third-order valence-electron chi connectivity index (χ3n) is 3.90. The molecule has 0 aliphatic carbocycles. The summed E-state index contributed by atoms with van der Waals surface area (Å²) in [5, 5.41) is 7.69. The van der Waals surface area contributed by atoms with E-state index >= 15 is 0 Å². The number of anilines is 1. The summed E-state index contributed by atoms with van der Waals surface area (Å²) in [6.45, 7) is 1.53. The first-order valence-electron chi connectivity index (χ1n) is 7.66. The summed E-state index contributed by atoms with van der Waals surface area (Å²) in [5.74, 6) is -1.67. The number of carbonyl (C=O) groups excluding carboxylic acids is 2. The van der Waals surface area contributed by atoms with Crippen LogP contribution in [0.15, 0.2) is 53.7 Å². The van der Waals surface area contributed by atoms with Crippen LogP contribution < -0.4 is 16.0 Å². The third kappa shape index (κ3) is 3.52. The van der Waals surface area contributed by atoms with Gasteiger partial charge in [0.15, 0.2) is 0 Å². The molecule has 0 bridgehead atoms. The average Bonchev–Trinajstić information content (AvgIpc) is 2.56. The van der Waals surface area contributed by atoms with Crippen molar-refractivity contribution < 1.29 is 18.4 Å². The molecule has 2 aromatic rings. The van der Waals surface area contributed by atoms with Crippen molar-refractivity contribution in [1.82, 2.24) is 10.6 Å². The molecule has 8 heteroatoms. The van der Waals surface area contributed by atoms with Gasteiger partial charge in [0.05, 0.1) is 11.6 Å². The van der Waals surface area contributed by atoms with Crippen LogP contribution in [0.25, 0.3) is 0 Å². The van der Waals surface area contributed by atoms with E-state index in [2.05, 4.69) is 16.0 Å². The number of urea groups is 1. The van der Waals surface area contributed by atoms with Crippen LogP contribution in [0.3, 0.4) is 0 Å². The molecule has 1 aliphatic heterocycles. The predicted molar refractivity (Wildman–Crippen MR) is 93.5 cm³/mol. The van der Waals surface area contributed by atoms with Crippen LogP contribution in [-0.2, 0) is 4.79 Å². The highest BCUT2D eigenvalue weighted by Gasteiger charge is 2.34. The molecule has 0 spiro atoms. The van der Waals surface area contributed by atoms with Gasteiger partial charge in [-0.05, 0) is 43.3 Å². The van der Waals surface area contributed by atoms with Crippen molar-refractivity contribution in [3.63, 3.8) is 0 Å². The van der Waals surface area contributed by atoms with E-state index in [0.29, 0.717) is 5.69 Å². The summed E-state index contributed by atoms with van der Waals surface area (Å²) in [7, 11) is 0. The van der Waals surface area contributed by atoms with Gasteiger partial charge in [0.1, 0.15) is 11.6 Å². The number of allylic oxidation sites excluding steroid dienone is 1. The molecule has 0 saturated heterocycles. The number of benzene rings is 2. The van der Waals surface area contributed by atoms with Gasteiger partial charge in [-0.25, -0.2) is 13.6 Å². The van der Waals surface area contributed by atoms with E-state index in [1.165, 1.54) is 49.4 Å². The summed E-state index contributed by atoms with van der Waals surface area (Å²) in [6.07, 6.45) is 0. The molecule has 1 aliphatic rings. The number of carbonyl (C=O) groups is 2.